The van der Waals surface area contributed by atoms with Crippen molar-refractivity contribution >= 4 is 50.9 Å². The van der Waals surface area contributed by atoms with E-state index in [4.69, 9.17) is 4.43 Å². The molecule has 0 aliphatic carbocycles. The molecule has 0 radical (unpaired) electrons. The van der Waals surface area contributed by atoms with Crippen molar-refractivity contribution in [1.29, 1.82) is 0 Å². The van der Waals surface area contributed by atoms with Gasteiger partial charge >= 0.3 is 0 Å². The average Bonchev–Trinajstić information content (AvgIpc) is 2.33. The van der Waals surface area contributed by atoms with Gasteiger partial charge in [-0.05, 0) is 45.5 Å². The Hall–Kier alpha value is -0.323. The summed E-state index contributed by atoms with van der Waals surface area (Å²) in [4.78, 5) is 0. The highest BCUT2D eigenvalue weighted by atomic mass is 79.9. The lowest BCUT2D eigenvalue weighted by molar-refractivity contribution is 0.494. The number of hydrogen-bond donors (Lipinski definition) is 0. The lowest BCUT2D eigenvalue weighted by atomic mass is 10.1. The van der Waals surface area contributed by atoms with Crippen molar-refractivity contribution in [3.05, 3.63) is 39.3 Å². The fraction of sp³-hybridized carbons (Fsp3) is 0.375. The fourth-order valence-corrected chi connectivity index (χ4v) is 4.38. The lowest BCUT2D eigenvalue weighted by Crippen LogP contribution is -2.44. The molecule has 0 unspecified atom stereocenters. The molecule has 2 aromatic rings. The Bertz CT molecular complexity index is 645. The van der Waals surface area contributed by atoms with Gasteiger partial charge in [0.2, 0.25) is 0 Å². The molecule has 4 heteroatoms. The summed E-state index contributed by atoms with van der Waals surface area (Å²) < 4.78 is 8.63. The molecule has 0 heterocycles. The largest absolute Gasteiger partial charge is 0.542 e. The minimum Gasteiger partial charge on any atom is -0.542 e. The quantitative estimate of drug-likeness (QED) is 0.492. The van der Waals surface area contributed by atoms with Crippen LogP contribution < -0.4 is 4.43 Å². The van der Waals surface area contributed by atoms with E-state index in [-0.39, 0.29) is 5.04 Å². The number of benzene rings is 2. The Labute approximate surface area is 139 Å². The first-order valence-electron chi connectivity index (χ1n) is 6.69. The van der Waals surface area contributed by atoms with E-state index >= 15 is 0 Å². The molecule has 0 aromatic heterocycles. The van der Waals surface area contributed by atoms with Crippen molar-refractivity contribution in [2.45, 2.75) is 38.9 Å². The van der Waals surface area contributed by atoms with Gasteiger partial charge in [-0.15, -0.1) is 0 Å². The molecule has 0 spiro atoms. The number of hydrogen-bond acceptors (Lipinski definition) is 1. The fourth-order valence-electron chi connectivity index (χ4n) is 1.78. The summed E-state index contributed by atoms with van der Waals surface area (Å²) in [7, 11) is -1.86. The van der Waals surface area contributed by atoms with Crippen LogP contribution in [-0.4, -0.2) is 8.32 Å². The van der Waals surface area contributed by atoms with Crippen LogP contribution in [0.5, 0.6) is 5.75 Å². The number of halogens is 2. The molecular weight excluding hydrogens is 396 g/mol. The van der Waals surface area contributed by atoms with Crippen molar-refractivity contribution in [2.24, 2.45) is 0 Å². The summed E-state index contributed by atoms with van der Waals surface area (Å²) >= 11 is 7.28. The maximum atomic E-state index is 6.54. The molecule has 0 saturated heterocycles. The summed E-state index contributed by atoms with van der Waals surface area (Å²) in [5.41, 5.74) is 0. The normalized spacial score (nSPS) is 12.8. The van der Waals surface area contributed by atoms with Gasteiger partial charge in [-0.2, -0.15) is 0 Å². The van der Waals surface area contributed by atoms with Crippen molar-refractivity contribution in [3.63, 3.8) is 0 Å². The Morgan fingerprint density at radius 1 is 0.950 bits per heavy atom. The van der Waals surface area contributed by atoms with Gasteiger partial charge in [-0.1, -0.05) is 61.0 Å². The summed E-state index contributed by atoms with van der Waals surface area (Å²) in [6, 6.07) is 10.4. The van der Waals surface area contributed by atoms with Gasteiger partial charge in [-0.25, -0.2) is 0 Å². The van der Waals surface area contributed by atoms with Crippen LogP contribution in [0.2, 0.25) is 18.1 Å². The van der Waals surface area contributed by atoms with Crippen LogP contribution in [0.15, 0.2) is 39.3 Å². The molecule has 0 aliphatic rings. The third-order valence-corrected chi connectivity index (χ3v) is 9.63. The number of fused-ring (bicyclic) bond motifs is 1. The zero-order valence-corrected chi connectivity index (χ0v) is 16.7. The predicted octanol–water partition coefficient (Wildman–Crippen LogP) is 6.75. The van der Waals surface area contributed by atoms with Gasteiger partial charge < -0.3 is 4.43 Å². The van der Waals surface area contributed by atoms with E-state index in [1.54, 1.807) is 0 Å². The minimum atomic E-state index is -1.86. The number of rotatable bonds is 2. The molecule has 108 valence electrons. The molecule has 2 rings (SSSR count). The van der Waals surface area contributed by atoms with Crippen LogP contribution >= 0.6 is 31.9 Å². The molecule has 0 N–H and O–H groups in total. The first-order valence-corrected chi connectivity index (χ1v) is 11.2. The monoisotopic (exact) mass is 414 g/mol. The molecule has 0 saturated carbocycles. The molecule has 0 fully saturated rings. The van der Waals surface area contributed by atoms with Crippen molar-refractivity contribution in [3.8, 4) is 5.75 Å². The highest BCUT2D eigenvalue weighted by Crippen LogP contribution is 2.43. The first-order chi connectivity index (χ1) is 9.13. The molecule has 1 nitrogen and oxygen atoms in total. The third-order valence-electron chi connectivity index (χ3n) is 4.06. The minimum absolute atomic E-state index is 0.181. The maximum absolute atomic E-state index is 6.54. The van der Waals surface area contributed by atoms with Gasteiger partial charge in [0.1, 0.15) is 5.75 Å². The van der Waals surface area contributed by atoms with Gasteiger partial charge in [0, 0.05) is 9.86 Å². The lowest BCUT2D eigenvalue weighted by Gasteiger charge is -2.37. The zero-order valence-electron chi connectivity index (χ0n) is 12.6. The van der Waals surface area contributed by atoms with Crippen molar-refractivity contribution in [1.82, 2.24) is 0 Å². The van der Waals surface area contributed by atoms with Crippen molar-refractivity contribution < 1.29 is 4.43 Å². The van der Waals surface area contributed by atoms with Crippen LogP contribution in [0.3, 0.4) is 0 Å². The molecule has 0 amide bonds. The van der Waals surface area contributed by atoms with E-state index in [1.165, 1.54) is 5.39 Å². The van der Waals surface area contributed by atoms with Crippen LogP contribution in [-0.2, 0) is 0 Å². The summed E-state index contributed by atoms with van der Waals surface area (Å²) in [6.45, 7) is 11.3. The van der Waals surface area contributed by atoms with Gasteiger partial charge in [-0.3, -0.25) is 0 Å². The Morgan fingerprint density at radius 3 is 2.05 bits per heavy atom. The summed E-state index contributed by atoms with van der Waals surface area (Å²) in [5, 5.41) is 2.52. The molecule has 0 atom stereocenters. The highest BCUT2D eigenvalue weighted by Gasteiger charge is 2.39. The molecule has 20 heavy (non-hydrogen) atoms. The van der Waals surface area contributed by atoms with Crippen LogP contribution in [0, 0.1) is 0 Å². The van der Waals surface area contributed by atoms with Crippen LogP contribution in [0.1, 0.15) is 20.8 Å². The molecule has 2 aromatic carbocycles. The summed E-state index contributed by atoms with van der Waals surface area (Å²) in [6.07, 6.45) is 0. The average molecular weight is 416 g/mol. The SMILES string of the molecule is CC(C)(C)[Si](C)(C)Oc1c(Br)cc(Br)c2ccccc12. The maximum Gasteiger partial charge on any atom is 0.250 e. The van der Waals surface area contributed by atoms with Gasteiger partial charge in [0.05, 0.1) is 4.47 Å². The van der Waals surface area contributed by atoms with Gasteiger partial charge in [0.25, 0.3) is 8.32 Å². The van der Waals surface area contributed by atoms with E-state index in [2.05, 4.69) is 96.1 Å². The Morgan fingerprint density at radius 2 is 1.50 bits per heavy atom. The predicted molar refractivity (Wildman–Crippen MR) is 97.2 cm³/mol. The van der Waals surface area contributed by atoms with E-state index in [1.807, 2.05) is 0 Å². The first kappa shape index (κ1) is 16.1. The highest BCUT2D eigenvalue weighted by molar-refractivity contribution is 9.11. The van der Waals surface area contributed by atoms with Crippen LogP contribution in [0.25, 0.3) is 10.8 Å². The second-order valence-electron chi connectivity index (χ2n) is 6.58. The van der Waals surface area contributed by atoms with E-state index in [0.29, 0.717) is 0 Å². The molecule has 0 aliphatic heterocycles. The Balaban J connectivity index is 2.61. The van der Waals surface area contributed by atoms with Crippen molar-refractivity contribution in [2.75, 3.05) is 0 Å². The second-order valence-corrected chi connectivity index (χ2v) is 13.0. The molecular formula is C16H20Br2OSi. The smallest absolute Gasteiger partial charge is 0.250 e. The van der Waals surface area contributed by atoms with E-state index < -0.39 is 8.32 Å². The second kappa shape index (κ2) is 5.47. The standard InChI is InChI=1S/C16H20Br2OSi/c1-16(2,3)20(4,5)19-15-12-9-7-6-8-11(12)13(17)10-14(15)18/h6-10H,1-5H3. The summed E-state index contributed by atoms with van der Waals surface area (Å²) in [5.74, 6) is 0.968. The Kier molecular flexibility index (Phi) is 4.39. The van der Waals surface area contributed by atoms with Crippen LogP contribution in [0.4, 0.5) is 0 Å². The van der Waals surface area contributed by atoms with E-state index in [9.17, 15) is 0 Å². The third kappa shape index (κ3) is 2.97. The van der Waals surface area contributed by atoms with E-state index in [0.717, 1.165) is 20.1 Å². The zero-order chi connectivity index (χ0) is 15.1. The topological polar surface area (TPSA) is 9.23 Å². The molecule has 0 bridgehead atoms. The van der Waals surface area contributed by atoms with Gasteiger partial charge in [0.15, 0.2) is 0 Å².